The minimum Gasteiger partial charge on any atom is -0.481 e. The van der Waals surface area contributed by atoms with E-state index in [9.17, 15) is 9.59 Å². The summed E-state index contributed by atoms with van der Waals surface area (Å²) >= 11 is 0. The lowest BCUT2D eigenvalue weighted by molar-refractivity contribution is -0.150. The van der Waals surface area contributed by atoms with Crippen molar-refractivity contribution in [1.29, 1.82) is 0 Å². The number of unbranched alkanes of at least 4 members (excludes halogenated alkanes) is 21. The van der Waals surface area contributed by atoms with Gasteiger partial charge in [-0.3, -0.25) is 9.59 Å². The molecule has 0 aliphatic rings. The predicted octanol–water partition coefficient (Wildman–Crippen LogP) is 11.9. The van der Waals surface area contributed by atoms with Crippen LogP contribution in [0.5, 0.6) is 0 Å². The molecule has 0 aromatic heterocycles. The summed E-state index contributed by atoms with van der Waals surface area (Å²) in [6.45, 7) is 4.52. The zero-order valence-electron chi connectivity index (χ0n) is 26.9. The predicted molar refractivity (Wildman–Crippen MR) is 172 cm³/mol. The molecule has 0 heterocycles. The average Bonchev–Trinajstić information content (AvgIpc) is 2.93. The topological polar surface area (TPSA) is 63.6 Å². The normalized spacial score (nSPS) is 12.2. The molecule has 0 radical (unpaired) electrons. The first-order valence-electron chi connectivity index (χ1n) is 17.7. The molecule has 40 heavy (non-hydrogen) atoms. The highest BCUT2D eigenvalue weighted by Crippen LogP contribution is 2.19. The zero-order chi connectivity index (χ0) is 29.4. The second kappa shape index (κ2) is 32.2. The third-order valence-electron chi connectivity index (χ3n) is 7.99. The largest absolute Gasteiger partial charge is 0.481 e. The highest BCUT2D eigenvalue weighted by molar-refractivity contribution is 5.69. The summed E-state index contributed by atoms with van der Waals surface area (Å²) in [5.41, 5.74) is 0. The number of esters is 1. The smallest absolute Gasteiger partial charge is 0.306 e. The van der Waals surface area contributed by atoms with E-state index in [1.807, 2.05) is 0 Å². The van der Waals surface area contributed by atoms with Crippen molar-refractivity contribution < 1.29 is 19.4 Å². The summed E-state index contributed by atoms with van der Waals surface area (Å²) in [5, 5.41) is 8.75. The van der Waals surface area contributed by atoms with Gasteiger partial charge in [-0.15, -0.1) is 0 Å². The van der Waals surface area contributed by atoms with Gasteiger partial charge in [0.1, 0.15) is 6.10 Å². The minimum absolute atomic E-state index is 0.00393. The summed E-state index contributed by atoms with van der Waals surface area (Å²) in [7, 11) is 0. The minimum atomic E-state index is -0.693. The molecule has 0 saturated carbocycles. The van der Waals surface area contributed by atoms with Crippen LogP contribution in [-0.4, -0.2) is 23.1 Å². The number of ether oxygens (including phenoxy) is 1. The third-order valence-corrected chi connectivity index (χ3v) is 7.99. The molecule has 0 saturated heterocycles. The molecule has 0 aromatic rings. The Morgan fingerprint density at radius 3 is 1.38 bits per heavy atom. The van der Waals surface area contributed by atoms with Crippen molar-refractivity contribution in [2.45, 2.75) is 206 Å². The van der Waals surface area contributed by atoms with Crippen LogP contribution >= 0.6 is 0 Å². The van der Waals surface area contributed by atoms with Gasteiger partial charge in [0.05, 0.1) is 0 Å². The zero-order valence-corrected chi connectivity index (χ0v) is 26.9. The van der Waals surface area contributed by atoms with Gasteiger partial charge in [0.2, 0.25) is 0 Å². The van der Waals surface area contributed by atoms with Crippen molar-refractivity contribution in [3.63, 3.8) is 0 Å². The maximum atomic E-state index is 12.6. The van der Waals surface area contributed by atoms with E-state index in [2.05, 4.69) is 26.0 Å². The molecule has 0 rings (SSSR count). The quantitative estimate of drug-likeness (QED) is 0.0501. The lowest BCUT2D eigenvalue weighted by Crippen LogP contribution is -2.18. The van der Waals surface area contributed by atoms with E-state index in [4.69, 9.17) is 9.84 Å². The first kappa shape index (κ1) is 38.7. The Morgan fingerprint density at radius 1 is 0.525 bits per heavy atom. The van der Waals surface area contributed by atoms with E-state index in [1.165, 1.54) is 103 Å². The van der Waals surface area contributed by atoms with Gasteiger partial charge < -0.3 is 9.84 Å². The van der Waals surface area contributed by atoms with Gasteiger partial charge in [-0.1, -0.05) is 135 Å². The molecule has 0 aromatic carbocycles. The monoisotopic (exact) mass is 565 g/mol. The van der Waals surface area contributed by atoms with Crippen LogP contribution in [0, 0.1) is 0 Å². The third kappa shape index (κ3) is 31.2. The molecule has 0 spiro atoms. The first-order chi connectivity index (χ1) is 19.6. The number of carboxylic acid groups (broad SMARTS) is 1. The Morgan fingerprint density at radius 2 is 0.900 bits per heavy atom. The van der Waals surface area contributed by atoms with Crippen LogP contribution in [0.3, 0.4) is 0 Å². The molecule has 236 valence electrons. The van der Waals surface area contributed by atoms with E-state index in [0.29, 0.717) is 6.42 Å². The van der Waals surface area contributed by atoms with Crippen molar-refractivity contribution in [1.82, 2.24) is 0 Å². The number of carbonyl (C=O) groups is 2. The lowest BCUT2D eigenvalue weighted by Gasteiger charge is -2.18. The van der Waals surface area contributed by atoms with E-state index in [0.717, 1.165) is 70.6 Å². The molecule has 0 bridgehead atoms. The molecule has 1 unspecified atom stereocenters. The van der Waals surface area contributed by atoms with Crippen LogP contribution in [0.1, 0.15) is 200 Å². The van der Waals surface area contributed by atoms with Gasteiger partial charge >= 0.3 is 11.9 Å². The van der Waals surface area contributed by atoms with Gasteiger partial charge in [-0.25, -0.2) is 0 Å². The summed E-state index contributed by atoms with van der Waals surface area (Å²) < 4.78 is 5.98. The molecule has 0 fully saturated rings. The Balaban J connectivity index is 4.03. The maximum absolute atomic E-state index is 12.6. The molecule has 0 aliphatic carbocycles. The van der Waals surface area contributed by atoms with Crippen molar-refractivity contribution in [2.24, 2.45) is 0 Å². The first-order valence-corrected chi connectivity index (χ1v) is 17.7. The second-order valence-electron chi connectivity index (χ2n) is 12.1. The maximum Gasteiger partial charge on any atom is 0.306 e. The molecular weight excluding hydrogens is 496 g/mol. The SMILES string of the molecule is CCCCCC/C=C\CCCCCCCC(=O)OC(CCCCCCCCCC)CCCCCCCCC(=O)O. The number of rotatable bonds is 32. The Hall–Kier alpha value is -1.32. The van der Waals surface area contributed by atoms with Gasteiger partial charge in [0, 0.05) is 12.8 Å². The number of hydrogen-bond acceptors (Lipinski definition) is 3. The van der Waals surface area contributed by atoms with Crippen LogP contribution in [-0.2, 0) is 14.3 Å². The van der Waals surface area contributed by atoms with Crippen molar-refractivity contribution in [3.8, 4) is 0 Å². The second-order valence-corrected chi connectivity index (χ2v) is 12.1. The Labute approximate surface area is 249 Å². The fourth-order valence-corrected chi connectivity index (χ4v) is 5.35. The van der Waals surface area contributed by atoms with Crippen LogP contribution in [0.2, 0.25) is 0 Å². The summed E-state index contributed by atoms with van der Waals surface area (Å²) in [4.78, 5) is 23.2. The van der Waals surface area contributed by atoms with E-state index in [-0.39, 0.29) is 18.5 Å². The summed E-state index contributed by atoms with van der Waals surface area (Å²) in [6.07, 6.45) is 37.9. The number of hydrogen-bond donors (Lipinski definition) is 1. The lowest BCUT2D eigenvalue weighted by atomic mass is 10.0. The average molecular weight is 565 g/mol. The number of allylic oxidation sites excluding steroid dienone is 2. The van der Waals surface area contributed by atoms with Crippen molar-refractivity contribution in [3.05, 3.63) is 12.2 Å². The van der Waals surface area contributed by atoms with Gasteiger partial charge in [0.25, 0.3) is 0 Å². The fourth-order valence-electron chi connectivity index (χ4n) is 5.35. The molecule has 0 aliphatic heterocycles. The summed E-state index contributed by atoms with van der Waals surface area (Å²) in [5.74, 6) is -0.689. The highest BCUT2D eigenvalue weighted by Gasteiger charge is 2.14. The van der Waals surface area contributed by atoms with Crippen LogP contribution in [0.25, 0.3) is 0 Å². The number of aliphatic carboxylic acids is 1. The van der Waals surface area contributed by atoms with Gasteiger partial charge in [-0.05, 0) is 64.2 Å². The number of carbonyl (C=O) groups excluding carboxylic acids is 1. The Bertz CT molecular complexity index is 571. The van der Waals surface area contributed by atoms with Crippen LogP contribution < -0.4 is 0 Å². The summed E-state index contributed by atoms with van der Waals surface area (Å²) in [6, 6.07) is 0. The van der Waals surface area contributed by atoms with Gasteiger partial charge in [0.15, 0.2) is 0 Å². The van der Waals surface area contributed by atoms with Crippen LogP contribution in [0.15, 0.2) is 12.2 Å². The highest BCUT2D eigenvalue weighted by atomic mass is 16.5. The van der Waals surface area contributed by atoms with E-state index >= 15 is 0 Å². The molecule has 4 nitrogen and oxygen atoms in total. The number of carboxylic acids is 1. The van der Waals surface area contributed by atoms with E-state index < -0.39 is 5.97 Å². The van der Waals surface area contributed by atoms with Crippen molar-refractivity contribution in [2.75, 3.05) is 0 Å². The van der Waals surface area contributed by atoms with E-state index in [1.54, 1.807) is 0 Å². The van der Waals surface area contributed by atoms with Gasteiger partial charge in [-0.2, -0.15) is 0 Å². The molecule has 4 heteroatoms. The fraction of sp³-hybridized carbons (Fsp3) is 0.889. The molecule has 1 N–H and O–H groups in total. The van der Waals surface area contributed by atoms with Crippen molar-refractivity contribution >= 4 is 11.9 Å². The Kier molecular flexibility index (Phi) is 31.1. The standard InChI is InChI=1S/C36H68O4/c1-3-5-7-9-11-13-14-15-16-17-19-25-29-33-36(39)40-34(30-26-22-18-12-10-8-6-4-2)31-27-23-20-21-24-28-32-35(37)38/h13-14,34H,3-12,15-33H2,1-2H3,(H,37,38)/b14-13-. The molecule has 0 amide bonds. The van der Waals surface area contributed by atoms with Crippen LogP contribution in [0.4, 0.5) is 0 Å². The molecular formula is C36H68O4. The molecule has 1 atom stereocenters.